The molecule has 0 aliphatic heterocycles. The second kappa shape index (κ2) is 8.19. The van der Waals surface area contributed by atoms with E-state index < -0.39 is 12.0 Å². The second-order valence-electron chi connectivity index (χ2n) is 4.73. The monoisotopic (exact) mass is 278 g/mol. The molecule has 0 bridgehead atoms. The van der Waals surface area contributed by atoms with Gasteiger partial charge < -0.3 is 15.3 Å². The fourth-order valence-corrected chi connectivity index (χ4v) is 1.96. The number of nitrogens with zero attached hydrogens (tertiary/aromatic N) is 1. The van der Waals surface area contributed by atoms with Crippen LogP contribution in [-0.2, 0) is 9.59 Å². The number of nitrogens with one attached hydrogen (secondary N) is 1. The molecule has 0 radical (unpaired) electrons. The van der Waals surface area contributed by atoms with Crippen LogP contribution < -0.4 is 10.2 Å². The number of hydrogen-bond acceptors (Lipinski definition) is 3. The van der Waals surface area contributed by atoms with Crippen LogP contribution in [0.3, 0.4) is 0 Å². The first-order valence-electron chi connectivity index (χ1n) is 6.84. The number of para-hydroxylation sites is 1. The van der Waals surface area contributed by atoms with Gasteiger partial charge in [0.05, 0.1) is 0 Å². The lowest BCUT2D eigenvalue weighted by Gasteiger charge is -2.28. The van der Waals surface area contributed by atoms with E-state index >= 15 is 0 Å². The Kier molecular flexibility index (Phi) is 6.56. The number of carbonyl (C=O) groups excluding carboxylic acids is 1. The molecule has 0 aromatic heterocycles. The summed E-state index contributed by atoms with van der Waals surface area (Å²) in [6.45, 7) is 4.45. The maximum absolute atomic E-state index is 11.2. The predicted octanol–water partition coefficient (Wildman–Crippen LogP) is 1.88. The highest BCUT2D eigenvalue weighted by molar-refractivity contribution is 5.82. The molecule has 5 nitrogen and oxygen atoms in total. The average Bonchev–Trinajstić information content (AvgIpc) is 2.42. The Balaban J connectivity index is 2.82. The molecule has 1 aromatic rings. The Morgan fingerprint density at radius 2 is 1.95 bits per heavy atom. The summed E-state index contributed by atoms with van der Waals surface area (Å²) in [5.74, 6) is -1.35. The molecule has 0 saturated carbocycles. The molecule has 1 aromatic carbocycles. The molecule has 0 saturated heterocycles. The van der Waals surface area contributed by atoms with Gasteiger partial charge in [0.1, 0.15) is 6.04 Å². The van der Waals surface area contributed by atoms with E-state index in [1.54, 1.807) is 0 Å². The minimum atomic E-state index is -1.02. The van der Waals surface area contributed by atoms with Crippen LogP contribution in [-0.4, -0.2) is 36.1 Å². The van der Waals surface area contributed by atoms with Gasteiger partial charge in [0, 0.05) is 25.7 Å². The summed E-state index contributed by atoms with van der Waals surface area (Å²) in [4.78, 5) is 24.3. The molecular weight excluding hydrogens is 256 g/mol. The minimum absolute atomic E-state index is 0.263. The lowest BCUT2D eigenvalue weighted by Crippen LogP contribution is -2.48. The molecule has 1 atom stereocenters. The van der Waals surface area contributed by atoms with Crippen molar-refractivity contribution in [2.75, 3.05) is 18.0 Å². The smallest absolute Gasteiger partial charge is 0.328 e. The third-order valence-corrected chi connectivity index (χ3v) is 2.98. The number of unbranched alkanes of at least 4 members (excludes halogenated alkanes) is 1. The van der Waals surface area contributed by atoms with Crippen molar-refractivity contribution in [3.05, 3.63) is 30.3 Å². The minimum Gasteiger partial charge on any atom is -0.480 e. The van der Waals surface area contributed by atoms with Gasteiger partial charge in [-0.3, -0.25) is 4.79 Å². The van der Waals surface area contributed by atoms with Gasteiger partial charge in [-0.2, -0.15) is 0 Å². The number of anilines is 1. The number of carboxylic acid groups (broad SMARTS) is 1. The van der Waals surface area contributed by atoms with Gasteiger partial charge in [0.2, 0.25) is 5.91 Å². The topological polar surface area (TPSA) is 69.6 Å². The lowest BCUT2D eigenvalue weighted by molar-refractivity contribution is -0.141. The standard InChI is InChI=1S/C15H22N2O3/c1-3-4-10-17(13-8-6-5-7-9-13)11-14(15(19)20)16-12(2)18/h5-9,14H,3-4,10-11H2,1-2H3,(H,16,18)(H,19,20). The molecule has 0 aliphatic carbocycles. The quantitative estimate of drug-likeness (QED) is 0.762. The van der Waals surface area contributed by atoms with Crippen molar-refractivity contribution in [1.82, 2.24) is 5.32 Å². The summed E-state index contributed by atoms with van der Waals surface area (Å²) in [6.07, 6.45) is 2.00. The lowest BCUT2D eigenvalue weighted by atomic mass is 10.2. The van der Waals surface area contributed by atoms with Crippen molar-refractivity contribution < 1.29 is 14.7 Å². The molecule has 2 N–H and O–H groups in total. The Morgan fingerprint density at radius 1 is 1.30 bits per heavy atom. The van der Waals surface area contributed by atoms with E-state index in [1.165, 1.54) is 6.92 Å². The average molecular weight is 278 g/mol. The third-order valence-electron chi connectivity index (χ3n) is 2.98. The number of carboxylic acids is 1. The van der Waals surface area contributed by atoms with Crippen molar-refractivity contribution in [3.8, 4) is 0 Å². The van der Waals surface area contributed by atoms with Gasteiger partial charge in [-0.05, 0) is 18.6 Å². The highest BCUT2D eigenvalue weighted by Crippen LogP contribution is 2.14. The number of rotatable bonds is 8. The first-order valence-corrected chi connectivity index (χ1v) is 6.84. The summed E-state index contributed by atoms with van der Waals surface area (Å²) < 4.78 is 0. The second-order valence-corrected chi connectivity index (χ2v) is 4.73. The van der Waals surface area contributed by atoms with Gasteiger partial charge in [0.25, 0.3) is 0 Å². The van der Waals surface area contributed by atoms with E-state index in [4.69, 9.17) is 0 Å². The molecule has 110 valence electrons. The normalized spacial score (nSPS) is 11.7. The van der Waals surface area contributed by atoms with Crippen LogP contribution in [0.15, 0.2) is 30.3 Å². The van der Waals surface area contributed by atoms with Gasteiger partial charge >= 0.3 is 5.97 Å². The first-order chi connectivity index (χ1) is 9.54. The number of aliphatic carboxylic acids is 1. The molecular formula is C15H22N2O3. The van der Waals surface area contributed by atoms with E-state index in [-0.39, 0.29) is 12.5 Å². The number of carbonyl (C=O) groups is 2. The van der Waals surface area contributed by atoms with Crippen LogP contribution in [0.25, 0.3) is 0 Å². The van der Waals surface area contributed by atoms with Crippen LogP contribution >= 0.6 is 0 Å². The van der Waals surface area contributed by atoms with Crippen molar-refractivity contribution >= 4 is 17.6 Å². The molecule has 0 fully saturated rings. The van der Waals surface area contributed by atoms with E-state index in [1.807, 2.05) is 35.2 Å². The highest BCUT2D eigenvalue weighted by Gasteiger charge is 2.21. The molecule has 0 spiro atoms. The van der Waals surface area contributed by atoms with Gasteiger partial charge in [-0.25, -0.2) is 4.79 Å². The van der Waals surface area contributed by atoms with Crippen LogP contribution in [0.4, 0.5) is 5.69 Å². The zero-order valence-electron chi connectivity index (χ0n) is 12.0. The van der Waals surface area contributed by atoms with Gasteiger partial charge in [-0.1, -0.05) is 31.5 Å². The number of benzene rings is 1. The molecule has 1 amide bonds. The third kappa shape index (κ3) is 5.30. The molecule has 0 heterocycles. The summed E-state index contributed by atoms with van der Waals surface area (Å²) >= 11 is 0. The Labute approximate surface area is 119 Å². The van der Waals surface area contributed by atoms with E-state index in [0.29, 0.717) is 0 Å². The fourth-order valence-electron chi connectivity index (χ4n) is 1.96. The first kappa shape index (κ1) is 16.0. The van der Waals surface area contributed by atoms with E-state index in [0.717, 1.165) is 25.1 Å². The SMILES string of the molecule is CCCCN(CC(NC(C)=O)C(=O)O)c1ccccc1. The predicted molar refractivity (Wildman–Crippen MR) is 78.8 cm³/mol. The van der Waals surface area contributed by atoms with Gasteiger partial charge in [-0.15, -0.1) is 0 Å². The van der Waals surface area contributed by atoms with Crippen LogP contribution in [0, 0.1) is 0 Å². The molecule has 1 unspecified atom stereocenters. The van der Waals surface area contributed by atoms with Crippen LogP contribution in [0.1, 0.15) is 26.7 Å². The zero-order chi connectivity index (χ0) is 15.0. The highest BCUT2D eigenvalue weighted by atomic mass is 16.4. The molecule has 1 rings (SSSR count). The Hall–Kier alpha value is -2.04. The summed E-state index contributed by atoms with van der Waals surface area (Å²) in [6, 6.07) is 8.75. The number of hydrogen-bond donors (Lipinski definition) is 2. The van der Waals surface area contributed by atoms with E-state index in [9.17, 15) is 14.7 Å². The van der Waals surface area contributed by atoms with Crippen LogP contribution in [0.5, 0.6) is 0 Å². The van der Waals surface area contributed by atoms with Crippen molar-refractivity contribution in [1.29, 1.82) is 0 Å². The summed E-state index contributed by atoms with van der Waals surface area (Å²) in [5.41, 5.74) is 0.970. The van der Waals surface area contributed by atoms with Crippen molar-refractivity contribution in [3.63, 3.8) is 0 Å². The van der Waals surface area contributed by atoms with E-state index in [2.05, 4.69) is 12.2 Å². The summed E-state index contributed by atoms with van der Waals surface area (Å²) in [7, 11) is 0. The fraction of sp³-hybridized carbons (Fsp3) is 0.467. The zero-order valence-corrected chi connectivity index (χ0v) is 12.0. The Morgan fingerprint density at radius 3 is 2.45 bits per heavy atom. The maximum Gasteiger partial charge on any atom is 0.328 e. The van der Waals surface area contributed by atoms with Crippen molar-refractivity contribution in [2.24, 2.45) is 0 Å². The summed E-state index contributed by atoms with van der Waals surface area (Å²) in [5, 5.41) is 11.7. The molecule has 5 heteroatoms. The maximum atomic E-state index is 11.2. The number of amides is 1. The van der Waals surface area contributed by atoms with Crippen LogP contribution in [0.2, 0.25) is 0 Å². The van der Waals surface area contributed by atoms with Gasteiger partial charge in [0.15, 0.2) is 0 Å². The molecule has 20 heavy (non-hydrogen) atoms. The largest absolute Gasteiger partial charge is 0.480 e. The Bertz CT molecular complexity index is 434. The van der Waals surface area contributed by atoms with Crippen molar-refractivity contribution in [2.45, 2.75) is 32.7 Å². The molecule has 0 aliphatic rings.